The summed E-state index contributed by atoms with van der Waals surface area (Å²) in [7, 11) is 2.23. The maximum absolute atomic E-state index is 5.68. The van der Waals surface area contributed by atoms with Crippen molar-refractivity contribution >= 4 is 0 Å². The van der Waals surface area contributed by atoms with E-state index in [4.69, 9.17) is 4.74 Å². The Kier molecular flexibility index (Phi) is 3.82. The van der Waals surface area contributed by atoms with Gasteiger partial charge < -0.3 is 4.74 Å². The molecule has 1 atom stereocenters. The fraction of sp³-hybridized carbons (Fsp3) is 1.00. The van der Waals surface area contributed by atoms with Crippen molar-refractivity contribution in [2.75, 3.05) is 20.2 Å². The second kappa shape index (κ2) is 5.13. The topological polar surface area (TPSA) is 12.5 Å². The largest absolute Gasteiger partial charge is 0.363 e. The monoisotopic (exact) mass is 197 g/mol. The molecule has 1 aliphatic heterocycles. The number of hydrogen-bond acceptors (Lipinski definition) is 2. The molecular weight excluding hydrogens is 174 g/mol. The van der Waals surface area contributed by atoms with Crippen molar-refractivity contribution in [2.45, 2.75) is 51.2 Å². The first-order valence-corrected chi connectivity index (χ1v) is 6.18. The van der Waals surface area contributed by atoms with Crippen LogP contribution in [0.4, 0.5) is 0 Å². The Labute approximate surface area is 87.6 Å². The summed E-state index contributed by atoms with van der Waals surface area (Å²) in [6.07, 6.45) is 10.2. The summed E-state index contributed by atoms with van der Waals surface area (Å²) in [6.45, 7) is 2.23. The predicted molar refractivity (Wildman–Crippen MR) is 58.2 cm³/mol. The highest BCUT2D eigenvalue weighted by atomic mass is 16.5. The van der Waals surface area contributed by atoms with E-state index in [-0.39, 0.29) is 0 Å². The summed E-state index contributed by atoms with van der Waals surface area (Å²) in [5, 5.41) is 0. The fourth-order valence-electron chi connectivity index (χ4n) is 2.80. The maximum Gasteiger partial charge on any atom is 0.110 e. The normalized spacial score (nSPS) is 30.0. The Balaban J connectivity index is 1.72. The Morgan fingerprint density at radius 2 is 1.86 bits per heavy atom. The van der Waals surface area contributed by atoms with Crippen LogP contribution in [-0.2, 0) is 4.74 Å². The molecule has 0 N–H and O–H groups in total. The molecule has 0 unspecified atom stereocenters. The van der Waals surface area contributed by atoms with E-state index in [1.54, 1.807) is 0 Å². The van der Waals surface area contributed by atoms with Gasteiger partial charge >= 0.3 is 0 Å². The van der Waals surface area contributed by atoms with Gasteiger partial charge in [-0.1, -0.05) is 19.3 Å². The molecule has 1 heterocycles. The Morgan fingerprint density at radius 3 is 2.50 bits per heavy atom. The van der Waals surface area contributed by atoms with E-state index < -0.39 is 0 Å². The standard InChI is InChI=1S/C12H23NO/c1-13(12-8-5-9-14-12)10-11-6-3-2-4-7-11/h11-12H,2-10H2,1H3/t12-/m1/s1. The van der Waals surface area contributed by atoms with E-state index in [0.717, 1.165) is 12.5 Å². The van der Waals surface area contributed by atoms with Crippen LogP contribution in [0.15, 0.2) is 0 Å². The smallest absolute Gasteiger partial charge is 0.110 e. The number of ether oxygens (including phenoxy) is 1. The third-order valence-corrected chi connectivity index (χ3v) is 3.67. The molecule has 0 amide bonds. The quantitative estimate of drug-likeness (QED) is 0.689. The molecule has 0 aromatic carbocycles. The van der Waals surface area contributed by atoms with Gasteiger partial charge in [-0.2, -0.15) is 0 Å². The van der Waals surface area contributed by atoms with Gasteiger partial charge in [0, 0.05) is 13.2 Å². The minimum atomic E-state index is 0.428. The average Bonchev–Trinajstić information content (AvgIpc) is 2.72. The SMILES string of the molecule is CN(CC1CCCCC1)[C@H]1CCCO1. The Hall–Kier alpha value is -0.0800. The van der Waals surface area contributed by atoms with Crippen molar-refractivity contribution < 1.29 is 4.74 Å². The van der Waals surface area contributed by atoms with Crippen molar-refractivity contribution in [3.05, 3.63) is 0 Å². The van der Waals surface area contributed by atoms with Crippen LogP contribution in [0, 0.1) is 5.92 Å². The third kappa shape index (κ3) is 2.71. The third-order valence-electron chi connectivity index (χ3n) is 3.67. The van der Waals surface area contributed by atoms with Crippen molar-refractivity contribution in [1.29, 1.82) is 0 Å². The van der Waals surface area contributed by atoms with Gasteiger partial charge in [0.05, 0.1) is 0 Å². The first-order chi connectivity index (χ1) is 6.86. The molecule has 2 rings (SSSR count). The molecule has 1 saturated heterocycles. The van der Waals surface area contributed by atoms with Crippen molar-refractivity contribution in [3.8, 4) is 0 Å². The summed E-state index contributed by atoms with van der Waals surface area (Å²) in [5.41, 5.74) is 0. The van der Waals surface area contributed by atoms with Crippen LogP contribution >= 0.6 is 0 Å². The lowest BCUT2D eigenvalue weighted by Gasteiger charge is -2.30. The van der Waals surface area contributed by atoms with Crippen molar-refractivity contribution in [2.24, 2.45) is 5.92 Å². The number of nitrogens with zero attached hydrogens (tertiary/aromatic N) is 1. The van der Waals surface area contributed by atoms with E-state index in [2.05, 4.69) is 11.9 Å². The minimum Gasteiger partial charge on any atom is -0.363 e. The molecule has 2 nitrogen and oxygen atoms in total. The second-order valence-electron chi connectivity index (χ2n) is 4.91. The zero-order chi connectivity index (χ0) is 9.80. The zero-order valence-electron chi connectivity index (χ0n) is 9.37. The first-order valence-electron chi connectivity index (χ1n) is 6.18. The van der Waals surface area contributed by atoms with E-state index in [9.17, 15) is 0 Å². The molecule has 0 radical (unpaired) electrons. The van der Waals surface area contributed by atoms with Crippen LogP contribution in [-0.4, -0.2) is 31.3 Å². The van der Waals surface area contributed by atoms with Crippen LogP contribution in [0.3, 0.4) is 0 Å². The molecule has 0 aromatic heterocycles. The lowest BCUT2D eigenvalue weighted by molar-refractivity contribution is -0.0145. The first kappa shape index (κ1) is 10.4. The summed E-state index contributed by atoms with van der Waals surface area (Å²) in [4.78, 5) is 2.43. The summed E-state index contributed by atoms with van der Waals surface area (Å²) < 4.78 is 5.68. The molecule has 0 spiro atoms. The predicted octanol–water partition coefficient (Wildman–Crippen LogP) is 2.64. The molecule has 1 saturated carbocycles. The molecular formula is C12H23NO. The van der Waals surface area contributed by atoms with Gasteiger partial charge in [-0.3, -0.25) is 4.90 Å². The van der Waals surface area contributed by atoms with Crippen LogP contribution < -0.4 is 0 Å². The summed E-state index contributed by atoms with van der Waals surface area (Å²) in [5.74, 6) is 0.943. The Bertz CT molecular complexity index is 160. The van der Waals surface area contributed by atoms with Gasteiger partial charge in [-0.05, 0) is 38.6 Å². The van der Waals surface area contributed by atoms with Gasteiger partial charge in [0.15, 0.2) is 0 Å². The molecule has 2 aliphatic rings. The van der Waals surface area contributed by atoms with Crippen LogP contribution in [0.5, 0.6) is 0 Å². The fourth-order valence-corrected chi connectivity index (χ4v) is 2.80. The lowest BCUT2D eigenvalue weighted by atomic mass is 9.89. The molecule has 1 aliphatic carbocycles. The van der Waals surface area contributed by atoms with E-state index in [1.165, 1.54) is 51.5 Å². The zero-order valence-corrected chi connectivity index (χ0v) is 9.37. The molecule has 0 aromatic rings. The molecule has 0 bridgehead atoms. The van der Waals surface area contributed by atoms with Crippen LogP contribution in [0.1, 0.15) is 44.9 Å². The van der Waals surface area contributed by atoms with Crippen molar-refractivity contribution in [3.63, 3.8) is 0 Å². The lowest BCUT2D eigenvalue weighted by Crippen LogP contribution is -2.35. The van der Waals surface area contributed by atoms with E-state index >= 15 is 0 Å². The average molecular weight is 197 g/mol. The number of hydrogen-bond donors (Lipinski definition) is 0. The minimum absolute atomic E-state index is 0.428. The van der Waals surface area contributed by atoms with E-state index in [1.807, 2.05) is 0 Å². The van der Waals surface area contributed by atoms with Crippen LogP contribution in [0.25, 0.3) is 0 Å². The van der Waals surface area contributed by atoms with Gasteiger partial charge in [0.25, 0.3) is 0 Å². The highest BCUT2D eigenvalue weighted by Crippen LogP contribution is 2.25. The van der Waals surface area contributed by atoms with Crippen molar-refractivity contribution in [1.82, 2.24) is 4.90 Å². The van der Waals surface area contributed by atoms with Gasteiger partial charge in [0.1, 0.15) is 6.23 Å². The number of rotatable bonds is 3. The molecule has 82 valence electrons. The summed E-state index contributed by atoms with van der Waals surface area (Å²) in [6, 6.07) is 0. The molecule has 2 heteroatoms. The highest BCUT2D eigenvalue weighted by molar-refractivity contribution is 4.72. The highest BCUT2D eigenvalue weighted by Gasteiger charge is 2.23. The van der Waals surface area contributed by atoms with Gasteiger partial charge in [-0.25, -0.2) is 0 Å². The van der Waals surface area contributed by atoms with Crippen LogP contribution in [0.2, 0.25) is 0 Å². The maximum atomic E-state index is 5.68. The van der Waals surface area contributed by atoms with Gasteiger partial charge in [-0.15, -0.1) is 0 Å². The van der Waals surface area contributed by atoms with E-state index in [0.29, 0.717) is 6.23 Å². The molecule has 2 fully saturated rings. The Morgan fingerprint density at radius 1 is 1.07 bits per heavy atom. The second-order valence-corrected chi connectivity index (χ2v) is 4.91. The summed E-state index contributed by atoms with van der Waals surface area (Å²) >= 11 is 0. The van der Waals surface area contributed by atoms with Gasteiger partial charge in [0.2, 0.25) is 0 Å². The molecule has 14 heavy (non-hydrogen) atoms.